The van der Waals surface area contributed by atoms with Crippen LogP contribution in [0.15, 0.2) is 29.2 Å². The van der Waals surface area contributed by atoms with Crippen molar-refractivity contribution in [2.75, 3.05) is 35.7 Å². The quantitative estimate of drug-likeness (QED) is 0.736. The van der Waals surface area contributed by atoms with Crippen LogP contribution in [0.5, 0.6) is 0 Å². The molecule has 2 aromatic rings. The lowest BCUT2D eigenvalue weighted by Crippen LogP contribution is -2.55. The maximum atomic E-state index is 12.9. The Morgan fingerprint density at radius 3 is 2.50 bits per heavy atom. The van der Waals surface area contributed by atoms with Crippen LogP contribution in [0.1, 0.15) is 18.9 Å². The summed E-state index contributed by atoms with van der Waals surface area (Å²) in [6.45, 7) is 5.56. The van der Waals surface area contributed by atoms with Crippen molar-refractivity contribution in [3.63, 3.8) is 0 Å². The molecule has 3 rings (SSSR count). The molecule has 11 heteroatoms. The maximum Gasteiger partial charge on any atom is 0.445 e. The van der Waals surface area contributed by atoms with Crippen LogP contribution in [0, 0.1) is 5.92 Å². The van der Waals surface area contributed by atoms with E-state index in [-0.39, 0.29) is 22.0 Å². The number of halogens is 3. The van der Waals surface area contributed by atoms with Crippen molar-refractivity contribution in [1.29, 1.82) is 0 Å². The molecule has 28 heavy (non-hydrogen) atoms. The molecule has 1 aliphatic rings. The zero-order valence-electron chi connectivity index (χ0n) is 15.6. The van der Waals surface area contributed by atoms with Gasteiger partial charge >= 0.3 is 6.18 Å². The molecule has 0 aliphatic carbocycles. The summed E-state index contributed by atoms with van der Waals surface area (Å²) in [4.78, 5) is 4.17. The van der Waals surface area contributed by atoms with E-state index in [1.165, 1.54) is 0 Å². The monoisotopic (exact) mass is 434 g/mol. The van der Waals surface area contributed by atoms with Crippen molar-refractivity contribution in [3.05, 3.63) is 29.3 Å². The van der Waals surface area contributed by atoms with Gasteiger partial charge in [0, 0.05) is 31.6 Å². The minimum absolute atomic E-state index is 0.0790. The highest BCUT2D eigenvalue weighted by molar-refractivity contribution is 7.90. The van der Waals surface area contributed by atoms with Crippen LogP contribution in [0.3, 0.4) is 0 Å². The molecule has 1 saturated heterocycles. The van der Waals surface area contributed by atoms with Crippen LogP contribution in [0.2, 0.25) is 0 Å². The lowest BCUT2D eigenvalue weighted by molar-refractivity contribution is -0.138. The molecule has 6 nitrogen and oxygen atoms in total. The number of rotatable bonds is 4. The summed E-state index contributed by atoms with van der Waals surface area (Å²) in [5.41, 5.74) is 0.779. The van der Waals surface area contributed by atoms with E-state index < -0.39 is 21.0 Å². The molecule has 0 N–H and O–H groups in total. The first-order valence-electron chi connectivity index (χ1n) is 8.69. The molecule has 154 valence electrons. The smallest absolute Gasteiger partial charge is 0.368 e. The molecular formula is C17H21F3N4O2S2. The lowest BCUT2D eigenvalue weighted by atomic mass is 9.99. The largest absolute Gasteiger partial charge is 0.445 e. The minimum Gasteiger partial charge on any atom is -0.368 e. The number of aromatic nitrogens is 2. The normalized spacial score (nSPS) is 18.8. The number of nitrogens with zero attached hydrogens (tertiary/aromatic N) is 4. The Morgan fingerprint density at radius 1 is 1.21 bits per heavy atom. The fourth-order valence-electron chi connectivity index (χ4n) is 3.21. The number of alkyl halides is 3. The topological polar surface area (TPSA) is 66.4 Å². The third kappa shape index (κ3) is 4.40. The molecular weight excluding hydrogens is 413 g/mol. The van der Waals surface area contributed by atoms with Gasteiger partial charge in [0.15, 0.2) is 9.84 Å². The van der Waals surface area contributed by atoms with Gasteiger partial charge in [-0.05, 0) is 24.1 Å². The summed E-state index contributed by atoms with van der Waals surface area (Å²) in [7, 11) is -3.32. The van der Waals surface area contributed by atoms with Gasteiger partial charge in [-0.1, -0.05) is 31.3 Å². The molecule has 0 amide bonds. The molecule has 1 aromatic heterocycles. The van der Waals surface area contributed by atoms with E-state index in [2.05, 4.69) is 15.1 Å². The second-order valence-electron chi connectivity index (χ2n) is 7.11. The van der Waals surface area contributed by atoms with Crippen LogP contribution < -0.4 is 9.80 Å². The zero-order chi connectivity index (χ0) is 20.7. The Morgan fingerprint density at radius 2 is 1.93 bits per heavy atom. The van der Waals surface area contributed by atoms with Crippen LogP contribution in [-0.2, 0) is 16.0 Å². The van der Waals surface area contributed by atoms with Crippen LogP contribution >= 0.6 is 11.3 Å². The second-order valence-corrected chi connectivity index (χ2v) is 10.1. The summed E-state index contributed by atoms with van der Waals surface area (Å²) in [6.07, 6.45) is -3.34. The summed E-state index contributed by atoms with van der Waals surface area (Å²) >= 11 is 0.551. The van der Waals surface area contributed by atoms with Crippen molar-refractivity contribution in [2.24, 2.45) is 5.92 Å². The van der Waals surface area contributed by atoms with Gasteiger partial charge in [0.05, 0.1) is 10.9 Å². The highest BCUT2D eigenvalue weighted by Crippen LogP contribution is 2.36. The lowest BCUT2D eigenvalue weighted by Gasteiger charge is -2.44. The van der Waals surface area contributed by atoms with Gasteiger partial charge in [-0.15, -0.1) is 10.2 Å². The third-order valence-electron chi connectivity index (χ3n) is 4.70. The first-order chi connectivity index (χ1) is 13.0. The average molecular weight is 435 g/mol. The molecule has 2 heterocycles. The molecule has 0 unspecified atom stereocenters. The molecule has 0 radical (unpaired) electrons. The second kappa shape index (κ2) is 7.51. The first kappa shape index (κ1) is 20.8. The number of sulfone groups is 1. The Labute approximate surface area is 165 Å². The van der Waals surface area contributed by atoms with Crippen molar-refractivity contribution in [3.8, 4) is 0 Å². The average Bonchev–Trinajstić information content (AvgIpc) is 3.11. The van der Waals surface area contributed by atoms with Gasteiger partial charge < -0.3 is 9.80 Å². The Bertz CT molecular complexity index is 944. The van der Waals surface area contributed by atoms with Gasteiger partial charge in [0.1, 0.15) is 0 Å². The van der Waals surface area contributed by atoms with Crippen molar-refractivity contribution < 1.29 is 21.6 Å². The van der Waals surface area contributed by atoms with Crippen LogP contribution in [-0.4, -0.2) is 50.5 Å². The molecule has 0 saturated carbocycles. The van der Waals surface area contributed by atoms with Crippen molar-refractivity contribution in [2.45, 2.75) is 31.0 Å². The third-order valence-corrected chi connectivity index (χ3v) is 6.82. The first-order valence-corrected chi connectivity index (χ1v) is 11.4. The number of anilines is 2. The number of piperazine rings is 1. The Balaban J connectivity index is 1.85. The van der Waals surface area contributed by atoms with E-state index in [1.807, 2.05) is 24.8 Å². The molecule has 1 fully saturated rings. The van der Waals surface area contributed by atoms with E-state index in [0.29, 0.717) is 31.0 Å². The van der Waals surface area contributed by atoms with E-state index in [9.17, 15) is 21.6 Å². The zero-order valence-corrected chi connectivity index (χ0v) is 17.3. The van der Waals surface area contributed by atoms with Gasteiger partial charge in [-0.2, -0.15) is 13.2 Å². The fourth-order valence-corrected chi connectivity index (χ4v) is 4.67. The number of hydrogen-bond donors (Lipinski definition) is 0. The summed E-state index contributed by atoms with van der Waals surface area (Å²) in [5, 5.41) is 6.36. The van der Waals surface area contributed by atoms with Gasteiger partial charge in [0.25, 0.3) is 0 Å². The van der Waals surface area contributed by atoms with E-state index in [1.54, 1.807) is 18.2 Å². The Hall–Kier alpha value is -1.88. The maximum absolute atomic E-state index is 12.9. The summed E-state index contributed by atoms with van der Waals surface area (Å²) in [6, 6.07) is 6.64. The molecule has 0 bridgehead atoms. The highest BCUT2D eigenvalue weighted by Gasteiger charge is 2.38. The summed E-state index contributed by atoms with van der Waals surface area (Å²) in [5.74, 6) is 0.152. The van der Waals surface area contributed by atoms with Crippen LogP contribution in [0.25, 0.3) is 0 Å². The number of benzene rings is 1. The highest BCUT2D eigenvalue weighted by atomic mass is 32.2. The van der Waals surface area contributed by atoms with E-state index >= 15 is 0 Å². The van der Waals surface area contributed by atoms with Crippen molar-refractivity contribution in [1.82, 2.24) is 10.2 Å². The standard InChI is InChI=1S/C17H21F3N4O2S2/c1-11(2)14-10-23(12-5-4-6-13(9-12)28(3,25)26)7-8-24(14)16-22-21-15(27-16)17(18,19)20/h4-6,9,11,14H,7-8,10H2,1-3H3/t14-/m0/s1. The Kier molecular flexibility index (Phi) is 5.59. The molecule has 1 atom stereocenters. The van der Waals surface area contributed by atoms with E-state index in [4.69, 9.17) is 0 Å². The van der Waals surface area contributed by atoms with Crippen molar-refractivity contribution >= 4 is 32.0 Å². The minimum atomic E-state index is -4.50. The van der Waals surface area contributed by atoms with Crippen LogP contribution in [0.4, 0.5) is 24.0 Å². The predicted octanol–water partition coefficient (Wildman–Crippen LogP) is 3.31. The molecule has 1 aliphatic heterocycles. The molecule has 1 aromatic carbocycles. The van der Waals surface area contributed by atoms with Gasteiger partial charge in [0.2, 0.25) is 10.1 Å². The number of hydrogen-bond acceptors (Lipinski definition) is 7. The fraction of sp³-hybridized carbons (Fsp3) is 0.529. The summed E-state index contributed by atoms with van der Waals surface area (Å²) < 4.78 is 62.3. The van der Waals surface area contributed by atoms with Gasteiger partial charge in [-0.25, -0.2) is 8.42 Å². The molecule has 0 spiro atoms. The SMILES string of the molecule is CC(C)[C@@H]1CN(c2cccc(S(C)(=O)=O)c2)CCN1c1nnc(C(F)(F)F)s1. The van der Waals surface area contributed by atoms with Gasteiger partial charge in [-0.3, -0.25) is 0 Å². The van der Waals surface area contributed by atoms with E-state index in [0.717, 1.165) is 11.9 Å². The predicted molar refractivity (Wildman–Crippen MR) is 103 cm³/mol.